The van der Waals surface area contributed by atoms with Crippen molar-refractivity contribution in [2.75, 3.05) is 11.9 Å². The molecule has 1 heterocycles. The van der Waals surface area contributed by atoms with Crippen molar-refractivity contribution in [3.05, 3.63) is 63.8 Å². The largest absolute Gasteiger partial charge is 0.388 e. The molecule has 122 valence electrons. The molecule has 7 nitrogen and oxygen atoms in total. The van der Waals surface area contributed by atoms with Crippen LogP contribution in [0.25, 0.3) is 0 Å². The van der Waals surface area contributed by atoms with E-state index in [1.54, 1.807) is 0 Å². The van der Waals surface area contributed by atoms with Crippen LogP contribution in [-0.2, 0) is 0 Å². The van der Waals surface area contributed by atoms with Gasteiger partial charge in [-0.3, -0.25) is 10.1 Å². The van der Waals surface area contributed by atoms with Crippen LogP contribution >= 0.6 is 0 Å². The molecule has 0 saturated heterocycles. The van der Waals surface area contributed by atoms with Crippen molar-refractivity contribution in [2.24, 2.45) is 5.41 Å². The molecular formula is C17H16N4O3. The fraction of sp³-hybridized carbons (Fsp3) is 0.294. The third-order valence-corrected chi connectivity index (χ3v) is 4.42. The zero-order valence-electron chi connectivity index (χ0n) is 12.8. The number of nitro groups is 1. The molecule has 3 rings (SSSR count). The van der Waals surface area contributed by atoms with Crippen molar-refractivity contribution in [1.29, 1.82) is 5.26 Å². The minimum atomic E-state index is -0.649. The average Bonchev–Trinajstić information content (AvgIpc) is 3.40. The number of rotatable bonds is 6. The number of nitriles is 1. The van der Waals surface area contributed by atoms with Crippen LogP contribution in [0.1, 0.15) is 30.1 Å². The number of hydrogen-bond donors (Lipinski definition) is 2. The van der Waals surface area contributed by atoms with E-state index >= 15 is 0 Å². The summed E-state index contributed by atoms with van der Waals surface area (Å²) in [6, 6.07) is 12.5. The molecule has 1 aliphatic rings. The monoisotopic (exact) mass is 324 g/mol. The van der Waals surface area contributed by atoms with E-state index in [9.17, 15) is 15.2 Å². The summed E-state index contributed by atoms with van der Waals surface area (Å²) in [7, 11) is 0. The van der Waals surface area contributed by atoms with Crippen molar-refractivity contribution in [2.45, 2.75) is 18.9 Å². The molecule has 1 fully saturated rings. The van der Waals surface area contributed by atoms with Gasteiger partial charge in [0.1, 0.15) is 11.6 Å². The van der Waals surface area contributed by atoms with Crippen LogP contribution in [-0.4, -0.2) is 21.6 Å². The second kappa shape index (κ2) is 6.26. The maximum atomic E-state index is 11.2. The van der Waals surface area contributed by atoms with E-state index in [1.807, 2.05) is 36.4 Å². The molecule has 1 aliphatic carbocycles. The molecule has 2 aromatic rings. The van der Waals surface area contributed by atoms with Gasteiger partial charge in [-0.05, 0) is 24.5 Å². The molecule has 7 heteroatoms. The quantitative estimate of drug-likeness (QED) is 0.624. The van der Waals surface area contributed by atoms with Gasteiger partial charge in [-0.15, -0.1) is 0 Å². The summed E-state index contributed by atoms with van der Waals surface area (Å²) >= 11 is 0. The van der Waals surface area contributed by atoms with Gasteiger partial charge >= 0.3 is 5.69 Å². The Balaban J connectivity index is 1.79. The van der Waals surface area contributed by atoms with Gasteiger partial charge in [0.05, 0.1) is 11.0 Å². The summed E-state index contributed by atoms with van der Waals surface area (Å²) in [6.07, 6.45) is 2.36. The van der Waals surface area contributed by atoms with Crippen molar-refractivity contribution in [3.63, 3.8) is 0 Å². The maximum Gasteiger partial charge on any atom is 0.328 e. The number of nitrogens with one attached hydrogen (secondary N) is 1. The standard InChI is InChI=1S/C17H16N4O3/c18-10-13-6-9-19-16(14(13)21(23)24)20-11-17(7-8-17)15(22)12-4-2-1-3-5-12/h1-6,9,15,22H,7-8,11H2,(H,19,20)/t15-/m1/s1. The Morgan fingerprint density at radius 3 is 2.67 bits per heavy atom. The van der Waals surface area contributed by atoms with Gasteiger partial charge in [-0.1, -0.05) is 30.3 Å². The van der Waals surface area contributed by atoms with Gasteiger partial charge in [0.25, 0.3) is 0 Å². The van der Waals surface area contributed by atoms with Crippen LogP contribution in [0, 0.1) is 26.9 Å². The second-order valence-corrected chi connectivity index (χ2v) is 5.95. The molecule has 0 radical (unpaired) electrons. The minimum Gasteiger partial charge on any atom is -0.388 e. The molecule has 2 N–H and O–H groups in total. The van der Waals surface area contributed by atoms with E-state index in [0.717, 1.165) is 18.4 Å². The highest BCUT2D eigenvalue weighted by Gasteiger charge is 2.49. The zero-order chi connectivity index (χ0) is 17.2. The van der Waals surface area contributed by atoms with Crippen molar-refractivity contribution >= 4 is 11.5 Å². The summed E-state index contributed by atoms with van der Waals surface area (Å²) in [4.78, 5) is 14.6. The fourth-order valence-corrected chi connectivity index (χ4v) is 2.81. The van der Waals surface area contributed by atoms with Crippen molar-refractivity contribution in [3.8, 4) is 6.07 Å². The highest BCUT2D eigenvalue weighted by Crippen LogP contribution is 2.55. The smallest absolute Gasteiger partial charge is 0.328 e. The maximum absolute atomic E-state index is 11.2. The van der Waals surface area contributed by atoms with Crippen molar-refractivity contribution < 1.29 is 10.0 Å². The SMILES string of the molecule is N#Cc1ccnc(NCC2([C@H](O)c3ccccc3)CC2)c1[N+](=O)[O-]. The first kappa shape index (κ1) is 15.9. The molecule has 1 saturated carbocycles. The number of aromatic nitrogens is 1. The van der Waals surface area contributed by atoms with E-state index in [2.05, 4.69) is 10.3 Å². The van der Waals surface area contributed by atoms with Crippen LogP contribution in [0.2, 0.25) is 0 Å². The first-order valence-electron chi connectivity index (χ1n) is 7.58. The zero-order valence-corrected chi connectivity index (χ0v) is 12.8. The summed E-state index contributed by atoms with van der Waals surface area (Å²) < 4.78 is 0. The topological polar surface area (TPSA) is 112 Å². The Kier molecular flexibility index (Phi) is 4.15. The van der Waals surface area contributed by atoms with Gasteiger partial charge in [-0.2, -0.15) is 5.26 Å². The third-order valence-electron chi connectivity index (χ3n) is 4.42. The Labute approximate surface area is 138 Å². The second-order valence-electron chi connectivity index (χ2n) is 5.95. The molecule has 0 spiro atoms. The van der Waals surface area contributed by atoms with E-state index in [-0.39, 0.29) is 22.5 Å². The lowest BCUT2D eigenvalue weighted by Gasteiger charge is -2.23. The first-order chi connectivity index (χ1) is 11.6. The Hall–Kier alpha value is -2.98. The molecular weight excluding hydrogens is 308 g/mol. The number of anilines is 1. The molecule has 1 atom stereocenters. The van der Waals surface area contributed by atoms with Gasteiger partial charge < -0.3 is 10.4 Å². The van der Waals surface area contributed by atoms with E-state index in [4.69, 9.17) is 5.26 Å². The van der Waals surface area contributed by atoms with Gasteiger partial charge in [0, 0.05) is 18.2 Å². The predicted molar refractivity (Wildman–Crippen MR) is 87.2 cm³/mol. The average molecular weight is 324 g/mol. The lowest BCUT2D eigenvalue weighted by molar-refractivity contribution is -0.384. The van der Waals surface area contributed by atoms with Gasteiger partial charge in [-0.25, -0.2) is 4.98 Å². The number of aliphatic hydroxyl groups excluding tert-OH is 1. The lowest BCUT2D eigenvalue weighted by atomic mass is 9.92. The predicted octanol–water partition coefficient (Wildman–Crippen LogP) is 2.79. The number of pyridine rings is 1. The fourth-order valence-electron chi connectivity index (χ4n) is 2.81. The Morgan fingerprint density at radius 1 is 1.38 bits per heavy atom. The molecule has 0 aliphatic heterocycles. The first-order valence-corrected chi connectivity index (χ1v) is 7.58. The molecule has 0 amide bonds. The summed E-state index contributed by atoms with van der Waals surface area (Å²) in [5.74, 6) is 0.0607. The molecule has 0 bridgehead atoms. The van der Waals surface area contributed by atoms with E-state index in [0.29, 0.717) is 6.54 Å². The van der Waals surface area contributed by atoms with Gasteiger partial charge in [0.2, 0.25) is 5.82 Å². The lowest BCUT2D eigenvalue weighted by Crippen LogP contribution is -2.24. The minimum absolute atomic E-state index is 0.0362. The van der Waals surface area contributed by atoms with Gasteiger partial charge in [0.15, 0.2) is 0 Å². The number of nitrogens with zero attached hydrogens (tertiary/aromatic N) is 3. The number of aliphatic hydroxyl groups is 1. The summed E-state index contributed by atoms with van der Waals surface area (Å²) in [5, 5.41) is 33.8. The molecule has 1 aromatic carbocycles. The molecule has 24 heavy (non-hydrogen) atoms. The van der Waals surface area contributed by atoms with Crippen LogP contribution in [0.4, 0.5) is 11.5 Å². The Bertz CT molecular complexity index is 797. The van der Waals surface area contributed by atoms with Crippen LogP contribution in [0.3, 0.4) is 0 Å². The van der Waals surface area contributed by atoms with Crippen LogP contribution < -0.4 is 5.32 Å². The van der Waals surface area contributed by atoms with Crippen LogP contribution in [0.5, 0.6) is 0 Å². The third kappa shape index (κ3) is 2.92. The van der Waals surface area contributed by atoms with E-state index in [1.165, 1.54) is 12.3 Å². The summed E-state index contributed by atoms with van der Waals surface area (Å²) in [6.45, 7) is 0.353. The highest BCUT2D eigenvalue weighted by atomic mass is 16.6. The number of benzene rings is 1. The molecule has 1 aromatic heterocycles. The Morgan fingerprint density at radius 2 is 2.08 bits per heavy atom. The van der Waals surface area contributed by atoms with Crippen LogP contribution in [0.15, 0.2) is 42.6 Å². The van der Waals surface area contributed by atoms with Crippen molar-refractivity contribution in [1.82, 2.24) is 4.98 Å². The number of hydrogen-bond acceptors (Lipinski definition) is 6. The van der Waals surface area contributed by atoms with E-state index < -0.39 is 11.0 Å². The highest BCUT2D eigenvalue weighted by molar-refractivity contribution is 5.64. The normalized spacial score (nSPS) is 16.0. The summed E-state index contributed by atoms with van der Waals surface area (Å²) in [5.41, 5.74) is 0.0977. The molecule has 0 unspecified atom stereocenters.